The Balaban J connectivity index is 1.57. The summed E-state index contributed by atoms with van der Waals surface area (Å²) in [4.78, 5) is 41.6. The Morgan fingerprint density at radius 2 is 2.15 bits per heavy atom. The topological polar surface area (TPSA) is 127 Å². The van der Waals surface area contributed by atoms with Crippen molar-refractivity contribution in [2.45, 2.75) is 38.0 Å². The third-order valence-electron chi connectivity index (χ3n) is 5.11. The molecule has 4 amide bonds. The number of aromatic nitrogens is 1. The first-order chi connectivity index (χ1) is 13.0. The summed E-state index contributed by atoms with van der Waals surface area (Å²) in [6.45, 7) is 1.20. The Hall–Kier alpha value is -2.68. The Labute approximate surface area is 157 Å². The van der Waals surface area contributed by atoms with E-state index in [9.17, 15) is 14.4 Å². The number of ether oxygens (including phenoxy) is 1. The molecule has 1 aliphatic carbocycles. The molecule has 1 saturated heterocycles. The number of urea groups is 1. The summed E-state index contributed by atoms with van der Waals surface area (Å²) in [5, 5.41) is 5.28. The molecule has 9 nitrogen and oxygen atoms in total. The minimum Gasteiger partial charge on any atom is -0.374 e. The Bertz CT molecular complexity index is 684. The molecule has 27 heavy (non-hydrogen) atoms. The zero-order chi connectivity index (χ0) is 19.2. The number of carbonyl (C=O) groups excluding carboxylic acids is 3. The summed E-state index contributed by atoms with van der Waals surface area (Å²) in [7, 11) is 0. The van der Waals surface area contributed by atoms with Crippen molar-refractivity contribution in [2.24, 2.45) is 11.7 Å². The van der Waals surface area contributed by atoms with Gasteiger partial charge in [0.1, 0.15) is 0 Å². The molecule has 146 valence electrons. The van der Waals surface area contributed by atoms with E-state index in [0.717, 1.165) is 18.4 Å². The molecule has 3 rings (SSSR count). The van der Waals surface area contributed by atoms with Gasteiger partial charge in [-0.15, -0.1) is 0 Å². The SMILES string of the molecule is NC(=O)NCC(=O)N1CCO[C@@H]2CC[C@H](C(=O)NCc3cccnc3)C[C@H]21. The first-order valence-corrected chi connectivity index (χ1v) is 9.15. The lowest BCUT2D eigenvalue weighted by atomic mass is 9.81. The molecule has 2 aliphatic rings. The van der Waals surface area contributed by atoms with Crippen molar-refractivity contribution in [1.29, 1.82) is 0 Å². The lowest BCUT2D eigenvalue weighted by molar-refractivity contribution is -0.153. The van der Waals surface area contributed by atoms with Crippen LogP contribution in [0.1, 0.15) is 24.8 Å². The molecule has 9 heteroatoms. The Morgan fingerprint density at radius 3 is 2.89 bits per heavy atom. The summed E-state index contributed by atoms with van der Waals surface area (Å²) in [5.74, 6) is -0.405. The van der Waals surface area contributed by atoms with Gasteiger partial charge >= 0.3 is 6.03 Å². The second kappa shape index (κ2) is 8.81. The standard InChI is InChI=1S/C18H25N5O4/c19-18(26)22-11-16(24)23-6-7-27-15-4-3-13(8-14(15)23)17(25)21-10-12-2-1-5-20-9-12/h1-2,5,9,13-15H,3-4,6-8,10-11H2,(H,21,25)(H3,19,22,26)/t13-,14+,15+/m0/s1. The van der Waals surface area contributed by atoms with Crippen LogP contribution in [0.2, 0.25) is 0 Å². The molecule has 1 saturated carbocycles. The maximum atomic E-state index is 12.6. The maximum absolute atomic E-state index is 12.6. The highest BCUT2D eigenvalue weighted by Gasteiger charge is 2.41. The van der Waals surface area contributed by atoms with Crippen molar-refractivity contribution in [3.63, 3.8) is 0 Å². The predicted molar refractivity (Wildman–Crippen MR) is 96.3 cm³/mol. The molecule has 1 aliphatic heterocycles. The average molecular weight is 375 g/mol. The number of hydrogen-bond donors (Lipinski definition) is 3. The molecule has 1 aromatic rings. The fraction of sp³-hybridized carbons (Fsp3) is 0.556. The number of morpholine rings is 1. The van der Waals surface area contributed by atoms with Gasteiger partial charge in [0.25, 0.3) is 0 Å². The van der Waals surface area contributed by atoms with Crippen LogP contribution >= 0.6 is 0 Å². The van der Waals surface area contributed by atoms with Gasteiger partial charge in [-0.2, -0.15) is 0 Å². The molecule has 4 N–H and O–H groups in total. The van der Waals surface area contributed by atoms with Crippen molar-refractivity contribution in [1.82, 2.24) is 20.5 Å². The number of amides is 4. The van der Waals surface area contributed by atoms with Crippen molar-refractivity contribution >= 4 is 17.8 Å². The number of hydrogen-bond acceptors (Lipinski definition) is 5. The van der Waals surface area contributed by atoms with Crippen LogP contribution in [-0.2, 0) is 20.9 Å². The molecular formula is C18H25N5O4. The van der Waals surface area contributed by atoms with Gasteiger partial charge in [0.2, 0.25) is 11.8 Å². The fourth-order valence-electron chi connectivity index (χ4n) is 3.76. The zero-order valence-corrected chi connectivity index (χ0v) is 15.1. The molecule has 0 bridgehead atoms. The third-order valence-corrected chi connectivity index (χ3v) is 5.11. The van der Waals surface area contributed by atoms with Crippen LogP contribution in [-0.4, -0.2) is 59.6 Å². The van der Waals surface area contributed by atoms with Gasteiger partial charge < -0.3 is 26.0 Å². The lowest BCUT2D eigenvalue weighted by Crippen LogP contribution is -2.58. The normalized spacial score (nSPS) is 24.6. The van der Waals surface area contributed by atoms with E-state index in [0.29, 0.717) is 26.1 Å². The van der Waals surface area contributed by atoms with E-state index in [1.165, 1.54) is 0 Å². The van der Waals surface area contributed by atoms with E-state index >= 15 is 0 Å². The van der Waals surface area contributed by atoms with E-state index in [1.54, 1.807) is 17.3 Å². The van der Waals surface area contributed by atoms with Crippen LogP contribution < -0.4 is 16.4 Å². The third kappa shape index (κ3) is 4.94. The first kappa shape index (κ1) is 19.1. The van der Waals surface area contributed by atoms with Gasteiger partial charge in [-0.1, -0.05) is 6.07 Å². The van der Waals surface area contributed by atoms with Crippen LogP contribution in [0.15, 0.2) is 24.5 Å². The van der Waals surface area contributed by atoms with E-state index < -0.39 is 6.03 Å². The molecule has 0 spiro atoms. The van der Waals surface area contributed by atoms with Gasteiger partial charge in [-0.25, -0.2) is 4.79 Å². The van der Waals surface area contributed by atoms with Gasteiger partial charge in [0.15, 0.2) is 0 Å². The van der Waals surface area contributed by atoms with Gasteiger partial charge in [0.05, 0.1) is 25.3 Å². The lowest BCUT2D eigenvalue weighted by Gasteiger charge is -2.45. The van der Waals surface area contributed by atoms with Gasteiger partial charge in [0, 0.05) is 31.4 Å². The van der Waals surface area contributed by atoms with Crippen molar-refractivity contribution in [3.05, 3.63) is 30.1 Å². The number of pyridine rings is 1. The van der Waals surface area contributed by atoms with E-state index in [1.807, 2.05) is 12.1 Å². The summed E-state index contributed by atoms with van der Waals surface area (Å²) in [6, 6.07) is 2.84. The van der Waals surface area contributed by atoms with E-state index in [2.05, 4.69) is 15.6 Å². The molecule has 0 radical (unpaired) electrons. The second-order valence-corrected chi connectivity index (χ2v) is 6.87. The Morgan fingerprint density at radius 1 is 1.30 bits per heavy atom. The number of rotatable bonds is 5. The summed E-state index contributed by atoms with van der Waals surface area (Å²) in [5.41, 5.74) is 5.98. The second-order valence-electron chi connectivity index (χ2n) is 6.87. The van der Waals surface area contributed by atoms with Crippen molar-refractivity contribution in [3.8, 4) is 0 Å². The minimum atomic E-state index is -0.732. The monoisotopic (exact) mass is 375 g/mol. The number of carbonyl (C=O) groups is 3. The number of nitrogens with zero attached hydrogens (tertiary/aromatic N) is 2. The van der Waals surface area contributed by atoms with Crippen LogP contribution in [0, 0.1) is 5.92 Å². The maximum Gasteiger partial charge on any atom is 0.312 e. The molecule has 1 aromatic heterocycles. The summed E-state index contributed by atoms with van der Waals surface area (Å²) >= 11 is 0. The zero-order valence-electron chi connectivity index (χ0n) is 15.1. The molecule has 0 aromatic carbocycles. The van der Waals surface area contributed by atoms with E-state index in [4.69, 9.17) is 10.5 Å². The average Bonchev–Trinajstić information content (AvgIpc) is 2.70. The minimum absolute atomic E-state index is 0.0227. The molecular weight excluding hydrogens is 350 g/mol. The van der Waals surface area contributed by atoms with Crippen LogP contribution in [0.5, 0.6) is 0 Å². The first-order valence-electron chi connectivity index (χ1n) is 9.15. The number of fused-ring (bicyclic) bond motifs is 1. The number of nitrogens with two attached hydrogens (primary N) is 1. The number of primary amides is 1. The van der Waals surface area contributed by atoms with Crippen molar-refractivity contribution in [2.75, 3.05) is 19.7 Å². The molecule has 0 unspecified atom stereocenters. The predicted octanol–water partition coefficient (Wildman–Crippen LogP) is -0.238. The Kier molecular flexibility index (Phi) is 6.23. The van der Waals surface area contributed by atoms with Crippen LogP contribution in [0.25, 0.3) is 0 Å². The molecule has 2 heterocycles. The van der Waals surface area contributed by atoms with Crippen LogP contribution in [0.3, 0.4) is 0 Å². The quantitative estimate of drug-likeness (QED) is 0.655. The summed E-state index contributed by atoms with van der Waals surface area (Å²) < 4.78 is 5.80. The molecule has 3 atom stereocenters. The van der Waals surface area contributed by atoms with Crippen LogP contribution in [0.4, 0.5) is 4.79 Å². The molecule has 2 fully saturated rings. The van der Waals surface area contributed by atoms with Gasteiger partial charge in [-0.3, -0.25) is 14.6 Å². The largest absolute Gasteiger partial charge is 0.374 e. The van der Waals surface area contributed by atoms with Crippen molar-refractivity contribution < 1.29 is 19.1 Å². The van der Waals surface area contributed by atoms with E-state index in [-0.39, 0.29) is 36.4 Å². The van der Waals surface area contributed by atoms with Gasteiger partial charge in [-0.05, 0) is 30.9 Å². The summed E-state index contributed by atoms with van der Waals surface area (Å²) in [6.07, 6.45) is 5.33. The smallest absolute Gasteiger partial charge is 0.312 e. The highest BCUT2D eigenvalue weighted by molar-refractivity contribution is 5.84. The fourth-order valence-corrected chi connectivity index (χ4v) is 3.76. The number of nitrogens with one attached hydrogen (secondary N) is 2. The highest BCUT2D eigenvalue weighted by atomic mass is 16.5. The highest BCUT2D eigenvalue weighted by Crippen LogP contribution is 2.32.